The third kappa shape index (κ3) is 4.28. The summed E-state index contributed by atoms with van der Waals surface area (Å²) >= 11 is 2.74. The molecule has 4 aromatic heterocycles. The number of aryl methyl sites for hydroxylation is 2. The first-order chi connectivity index (χ1) is 18.0. The third-order valence-electron chi connectivity index (χ3n) is 6.23. The maximum Gasteiger partial charge on any atom is 0.262 e. The lowest BCUT2D eigenvalue weighted by Gasteiger charge is -2.09. The molecule has 6 aromatic rings. The number of halogens is 2. The molecule has 0 fully saturated rings. The van der Waals surface area contributed by atoms with Gasteiger partial charge in [-0.1, -0.05) is 24.3 Å². The quantitative estimate of drug-likeness (QED) is 0.267. The van der Waals surface area contributed by atoms with Crippen LogP contribution in [-0.4, -0.2) is 19.1 Å². The van der Waals surface area contributed by atoms with Crippen LogP contribution in [0.3, 0.4) is 0 Å². The van der Waals surface area contributed by atoms with E-state index in [0.29, 0.717) is 39.9 Å². The van der Waals surface area contributed by atoms with Crippen LogP contribution >= 0.6 is 22.7 Å². The number of hydrogen-bond donors (Lipinski definition) is 0. The van der Waals surface area contributed by atoms with Crippen molar-refractivity contribution in [3.05, 3.63) is 104 Å². The van der Waals surface area contributed by atoms with Gasteiger partial charge in [0.25, 0.3) is 11.1 Å². The Kier molecular flexibility index (Phi) is 5.97. The summed E-state index contributed by atoms with van der Waals surface area (Å²) in [7, 11) is 0. The fourth-order valence-corrected chi connectivity index (χ4v) is 6.16. The topological polar surface area (TPSA) is 69.8 Å². The first kappa shape index (κ1) is 23.4. The molecule has 2 aromatic carbocycles. The van der Waals surface area contributed by atoms with Gasteiger partial charge in [0.05, 0.1) is 23.4 Å². The zero-order valence-corrected chi connectivity index (χ0v) is 20.9. The Morgan fingerprint density at radius 2 is 1.05 bits per heavy atom. The van der Waals surface area contributed by atoms with Gasteiger partial charge in [-0.15, -0.1) is 22.7 Å². The van der Waals surface area contributed by atoms with E-state index in [1.807, 2.05) is 10.8 Å². The van der Waals surface area contributed by atoms with Crippen molar-refractivity contribution in [2.24, 2.45) is 0 Å². The molecule has 0 unspecified atom stereocenters. The van der Waals surface area contributed by atoms with E-state index in [0.717, 1.165) is 22.3 Å². The lowest BCUT2D eigenvalue weighted by molar-refractivity contribution is 0.539. The van der Waals surface area contributed by atoms with E-state index in [1.54, 1.807) is 24.3 Å². The predicted octanol–water partition coefficient (Wildman–Crippen LogP) is 5.93. The first-order valence-electron chi connectivity index (χ1n) is 11.4. The van der Waals surface area contributed by atoms with Crippen LogP contribution in [-0.2, 0) is 13.1 Å². The van der Waals surface area contributed by atoms with E-state index in [2.05, 4.69) is 9.97 Å². The van der Waals surface area contributed by atoms with Gasteiger partial charge in [-0.3, -0.25) is 18.7 Å². The Labute approximate surface area is 216 Å². The van der Waals surface area contributed by atoms with E-state index >= 15 is 0 Å². The minimum Gasteiger partial charge on any atom is -0.299 e. The standard InChI is InChI=1S/C27H18F2N4O2S2/c28-18-6-2-16(3-7-18)20-12-36-24-22(20)26(34)32(14-30-24)10-1-11-33-15-31-25-23(27(33)35)21(13-37-25)17-4-8-19(29)9-5-17/h2-9,12-15H,1,10-11H2. The van der Waals surface area contributed by atoms with Gasteiger partial charge in [0.15, 0.2) is 0 Å². The lowest BCUT2D eigenvalue weighted by Crippen LogP contribution is -2.24. The molecule has 184 valence electrons. The second-order valence-corrected chi connectivity index (χ2v) is 10.2. The van der Waals surface area contributed by atoms with Crippen LogP contribution in [0.15, 0.2) is 81.5 Å². The van der Waals surface area contributed by atoms with Crippen LogP contribution in [0.5, 0.6) is 0 Å². The molecule has 0 spiro atoms. The van der Waals surface area contributed by atoms with Gasteiger partial charge < -0.3 is 0 Å². The van der Waals surface area contributed by atoms with Crippen molar-refractivity contribution in [2.45, 2.75) is 19.5 Å². The van der Waals surface area contributed by atoms with E-state index in [1.165, 1.54) is 68.7 Å². The third-order valence-corrected chi connectivity index (χ3v) is 8.00. The Bertz CT molecular complexity index is 1730. The van der Waals surface area contributed by atoms with Crippen molar-refractivity contribution in [1.29, 1.82) is 0 Å². The molecule has 0 aliphatic rings. The number of aromatic nitrogens is 4. The molecule has 0 radical (unpaired) electrons. The maximum atomic E-state index is 13.4. The number of nitrogens with zero attached hydrogens (tertiary/aromatic N) is 4. The van der Waals surface area contributed by atoms with Crippen molar-refractivity contribution < 1.29 is 8.78 Å². The molecule has 6 nitrogen and oxygen atoms in total. The van der Waals surface area contributed by atoms with Crippen LogP contribution in [0.4, 0.5) is 8.78 Å². The number of fused-ring (bicyclic) bond motifs is 2. The minimum absolute atomic E-state index is 0.178. The molecule has 0 amide bonds. The van der Waals surface area contributed by atoms with Crippen LogP contribution in [0.25, 0.3) is 42.7 Å². The Hall–Kier alpha value is -4.02. The highest BCUT2D eigenvalue weighted by Crippen LogP contribution is 2.31. The molecule has 10 heteroatoms. The zero-order chi connectivity index (χ0) is 25.5. The number of benzene rings is 2. The van der Waals surface area contributed by atoms with Crippen LogP contribution in [0.2, 0.25) is 0 Å². The Balaban J connectivity index is 1.27. The SMILES string of the molecule is O=c1c2c(-c3ccc(F)cc3)csc2ncn1CCCn1cnc2scc(-c3ccc(F)cc3)c2c1=O. The van der Waals surface area contributed by atoms with Crippen molar-refractivity contribution in [1.82, 2.24) is 19.1 Å². The van der Waals surface area contributed by atoms with Crippen LogP contribution in [0, 0.1) is 11.6 Å². The summed E-state index contributed by atoms with van der Waals surface area (Å²) in [5, 5.41) is 4.72. The van der Waals surface area contributed by atoms with Crippen LogP contribution in [0.1, 0.15) is 6.42 Å². The minimum atomic E-state index is -0.339. The molecule has 0 saturated carbocycles. The molecule has 0 N–H and O–H groups in total. The molecule has 0 aliphatic carbocycles. The number of hydrogen-bond acceptors (Lipinski definition) is 6. The maximum absolute atomic E-state index is 13.4. The predicted molar refractivity (Wildman–Crippen MR) is 143 cm³/mol. The van der Waals surface area contributed by atoms with Crippen molar-refractivity contribution in [3.63, 3.8) is 0 Å². The average molecular weight is 533 g/mol. The Morgan fingerprint density at radius 3 is 1.46 bits per heavy atom. The highest BCUT2D eigenvalue weighted by molar-refractivity contribution is 7.17. The molecule has 0 atom stereocenters. The summed E-state index contributed by atoms with van der Waals surface area (Å²) in [5.41, 5.74) is 2.60. The monoisotopic (exact) mass is 532 g/mol. The molecule has 0 aliphatic heterocycles. The number of thiophene rings is 2. The summed E-state index contributed by atoms with van der Waals surface area (Å²) < 4.78 is 29.8. The lowest BCUT2D eigenvalue weighted by atomic mass is 10.1. The zero-order valence-electron chi connectivity index (χ0n) is 19.2. The van der Waals surface area contributed by atoms with Crippen molar-refractivity contribution in [2.75, 3.05) is 0 Å². The summed E-state index contributed by atoms with van der Waals surface area (Å²) in [6.07, 6.45) is 3.54. The van der Waals surface area contributed by atoms with E-state index in [9.17, 15) is 18.4 Å². The van der Waals surface area contributed by atoms with Gasteiger partial charge in [-0.25, -0.2) is 18.7 Å². The highest BCUT2D eigenvalue weighted by Gasteiger charge is 2.15. The van der Waals surface area contributed by atoms with E-state index in [4.69, 9.17) is 0 Å². The smallest absolute Gasteiger partial charge is 0.262 e. The second kappa shape index (κ2) is 9.45. The van der Waals surface area contributed by atoms with Gasteiger partial charge in [-0.2, -0.15) is 0 Å². The summed E-state index contributed by atoms with van der Waals surface area (Å²) in [6.45, 7) is 0.721. The van der Waals surface area contributed by atoms with Gasteiger partial charge in [0, 0.05) is 35.0 Å². The fourth-order valence-electron chi connectivity index (χ4n) is 4.35. The van der Waals surface area contributed by atoms with E-state index < -0.39 is 0 Å². The molecule has 37 heavy (non-hydrogen) atoms. The molecule has 0 bridgehead atoms. The van der Waals surface area contributed by atoms with Gasteiger partial charge in [0.1, 0.15) is 21.3 Å². The van der Waals surface area contributed by atoms with E-state index in [-0.39, 0.29) is 22.8 Å². The first-order valence-corrected chi connectivity index (χ1v) is 13.2. The molecule has 4 heterocycles. The Morgan fingerprint density at radius 1 is 0.649 bits per heavy atom. The second-order valence-electron chi connectivity index (χ2n) is 8.51. The summed E-state index contributed by atoms with van der Waals surface area (Å²) in [5.74, 6) is -0.678. The average Bonchev–Trinajstić information content (AvgIpc) is 3.53. The van der Waals surface area contributed by atoms with Gasteiger partial charge in [-0.05, 0) is 41.8 Å². The van der Waals surface area contributed by atoms with Crippen molar-refractivity contribution >= 4 is 43.1 Å². The van der Waals surface area contributed by atoms with Crippen molar-refractivity contribution in [3.8, 4) is 22.3 Å². The molecule has 0 saturated heterocycles. The molecular weight excluding hydrogens is 514 g/mol. The fraction of sp³-hybridized carbons (Fsp3) is 0.111. The highest BCUT2D eigenvalue weighted by atomic mass is 32.1. The largest absolute Gasteiger partial charge is 0.299 e. The number of rotatable bonds is 6. The molecule has 6 rings (SSSR count). The summed E-state index contributed by atoms with van der Waals surface area (Å²) in [6, 6.07) is 12.1. The normalized spacial score (nSPS) is 11.5. The molecular formula is C27H18F2N4O2S2. The van der Waals surface area contributed by atoms with Gasteiger partial charge in [0.2, 0.25) is 0 Å². The van der Waals surface area contributed by atoms with Crippen LogP contribution < -0.4 is 11.1 Å². The van der Waals surface area contributed by atoms with Gasteiger partial charge >= 0.3 is 0 Å². The summed E-state index contributed by atoms with van der Waals surface area (Å²) in [4.78, 5) is 36.7.